The fraction of sp³-hybridized carbons (Fsp3) is 0.391. The molecule has 0 aliphatic carbocycles. The van der Waals surface area contributed by atoms with Gasteiger partial charge in [0, 0.05) is 12.4 Å². The number of ether oxygens (including phenoxy) is 3. The van der Waals surface area contributed by atoms with E-state index in [0.717, 1.165) is 27.6 Å². The van der Waals surface area contributed by atoms with Gasteiger partial charge >= 0.3 is 5.97 Å². The molecule has 0 saturated carbocycles. The molecule has 0 atom stereocenters. The van der Waals surface area contributed by atoms with Crippen molar-refractivity contribution in [1.29, 1.82) is 0 Å². The lowest BCUT2D eigenvalue weighted by Crippen LogP contribution is -2.39. The van der Waals surface area contributed by atoms with Crippen LogP contribution in [0.5, 0.6) is 11.5 Å². The van der Waals surface area contributed by atoms with Crippen molar-refractivity contribution < 1.29 is 19.0 Å². The van der Waals surface area contributed by atoms with Crippen molar-refractivity contribution in [3.63, 3.8) is 0 Å². The summed E-state index contributed by atoms with van der Waals surface area (Å²) < 4.78 is 16.7. The summed E-state index contributed by atoms with van der Waals surface area (Å²) in [6.07, 6.45) is 4.57. The third-order valence-electron chi connectivity index (χ3n) is 4.53. The summed E-state index contributed by atoms with van der Waals surface area (Å²) in [7, 11) is 0. The van der Waals surface area contributed by atoms with Crippen molar-refractivity contribution in [2.45, 2.75) is 53.2 Å². The number of aromatic nitrogens is 3. The maximum Gasteiger partial charge on any atom is 0.349 e. The highest BCUT2D eigenvalue weighted by Crippen LogP contribution is 2.28. The standard InChI is InChI=1S/C23H27N3O4S/c1-6-16-12-24-20(25-13-16)21-26-15(3)19(31-21)14-29-17-8-10-18(11-9-17)30-23(4,5)22(27)28-7-2/h8-13H,6-7,14H2,1-5H3. The number of rotatable bonds is 9. The quantitative estimate of drug-likeness (QED) is 0.442. The number of hydrogen-bond donors (Lipinski definition) is 0. The highest BCUT2D eigenvalue weighted by molar-refractivity contribution is 7.15. The Bertz CT molecular complexity index is 1010. The summed E-state index contributed by atoms with van der Waals surface area (Å²) in [4.78, 5) is 26.4. The van der Waals surface area contributed by atoms with Crippen LogP contribution in [-0.4, -0.2) is 33.1 Å². The topological polar surface area (TPSA) is 83.4 Å². The Morgan fingerprint density at radius 1 is 1.06 bits per heavy atom. The smallest absolute Gasteiger partial charge is 0.349 e. The van der Waals surface area contributed by atoms with Gasteiger partial charge in [0.15, 0.2) is 16.4 Å². The second-order valence-electron chi connectivity index (χ2n) is 7.39. The van der Waals surface area contributed by atoms with Gasteiger partial charge in [-0.05, 0) is 63.9 Å². The highest BCUT2D eigenvalue weighted by atomic mass is 32.1. The maximum absolute atomic E-state index is 12.0. The molecule has 164 valence electrons. The SMILES string of the molecule is CCOC(=O)C(C)(C)Oc1ccc(OCc2sc(-c3ncc(CC)cn3)nc2C)cc1. The van der Waals surface area contributed by atoms with Crippen LogP contribution in [0.3, 0.4) is 0 Å². The van der Waals surface area contributed by atoms with Gasteiger partial charge in [0.25, 0.3) is 0 Å². The number of thiazole rings is 1. The zero-order chi connectivity index (χ0) is 22.4. The first kappa shape index (κ1) is 22.7. The number of carbonyl (C=O) groups excluding carboxylic acids is 1. The summed E-state index contributed by atoms with van der Waals surface area (Å²) in [6, 6.07) is 7.15. The van der Waals surface area contributed by atoms with Crippen LogP contribution < -0.4 is 9.47 Å². The van der Waals surface area contributed by atoms with E-state index in [1.54, 1.807) is 45.0 Å². The fourth-order valence-electron chi connectivity index (χ4n) is 2.70. The third-order valence-corrected chi connectivity index (χ3v) is 5.66. The number of nitrogens with zero attached hydrogens (tertiary/aromatic N) is 3. The summed E-state index contributed by atoms with van der Waals surface area (Å²) in [5, 5.41) is 0.781. The Balaban J connectivity index is 1.61. The lowest BCUT2D eigenvalue weighted by Gasteiger charge is -2.24. The van der Waals surface area contributed by atoms with E-state index in [1.807, 2.05) is 19.3 Å². The molecule has 0 saturated heterocycles. The Morgan fingerprint density at radius 3 is 2.32 bits per heavy atom. The summed E-state index contributed by atoms with van der Waals surface area (Å²) in [5.74, 6) is 1.48. The fourth-order valence-corrected chi connectivity index (χ4v) is 3.62. The van der Waals surface area contributed by atoms with Gasteiger partial charge in [0.2, 0.25) is 0 Å². The third kappa shape index (κ3) is 5.79. The molecule has 31 heavy (non-hydrogen) atoms. The molecule has 1 aromatic carbocycles. The first-order chi connectivity index (χ1) is 14.8. The molecule has 0 unspecified atom stereocenters. The van der Waals surface area contributed by atoms with Crippen LogP contribution in [0.25, 0.3) is 10.8 Å². The highest BCUT2D eigenvalue weighted by Gasteiger charge is 2.31. The predicted octanol–water partition coefficient (Wildman–Crippen LogP) is 4.77. The van der Waals surface area contributed by atoms with Gasteiger partial charge in [0.1, 0.15) is 18.1 Å². The van der Waals surface area contributed by atoms with Crippen LogP contribution in [0.1, 0.15) is 43.8 Å². The zero-order valence-electron chi connectivity index (χ0n) is 18.5. The van der Waals surface area contributed by atoms with Crippen LogP contribution in [0.15, 0.2) is 36.7 Å². The Morgan fingerprint density at radius 2 is 1.71 bits per heavy atom. The van der Waals surface area contributed by atoms with E-state index >= 15 is 0 Å². The van der Waals surface area contributed by atoms with Crippen molar-refractivity contribution in [2.75, 3.05) is 6.61 Å². The molecule has 0 amide bonds. The summed E-state index contributed by atoms with van der Waals surface area (Å²) >= 11 is 1.53. The van der Waals surface area contributed by atoms with Gasteiger partial charge in [-0.15, -0.1) is 11.3 Å². The summed E-state index contributed by atoms with van der Waals surface area (Å²) in [6.45, 7) is 9.86. The molecule has 0 N–H and O–H groups in total. The van der Waals surface area contributed by atoms with E-state index in [9.17, 15) is 4.79 Å². The van der Waals surface area contributed by atoms with Gasteiger partial charge in [-0.25, -0.2) is 19.7 Å². The molecule has 0 spiro atoms. The van der Waals surface area contributed by atoms with E-state index < -0.39 is 11.6 Å². The average molecular weight is 442 g/mol. The molecule has 0 aliphatic rings. The van der Waals surface area contributed by atoms with Gasteiger partial charge in [-0.1, -0.05) is 6.92 Å². The molecule has 0 bridgehead atoms. The van der Waals surface area contributed by atoms with E-state index in [-0.39, 0.29) is 0 Å². The van der Waals surface area contributed by atoms with Crippen molar-refractivity contribution in [2.24, 2.45) is 0 Å². The van der Waals surface area contributed by atoms with Gasteiger partial charge < -0.3 is 14.2 Å². The molecule has 3 aromatic rings. The van der Waals surface area contributed by atoms with Crippen molar-refractivity contribution in [1.82, 2.24) is 15.0 Å². The minimum Gasteiger partial charge on any atom is -0.488 e. The molecular weight excluding hydrogens is 414 g/mol. The lowest BCUT2D eigenvalue weighted by molar-refractivity contribution is -0.158. The van der Waals surface area contributed by atoms with Crippen LogP contribution >= 0.6 is 11.3 Å². The molecule has 3 rings (SSSR count). The Labute approximate surface area is 186 Å². The molecule has 0 aliphatic heterocycles. The molecule has 2 aromatic heterocycles. The Hall–Kier alpha value is -3.00. The monoisotopic (exact) mass is 441 g/mol. The van der Waals surface area contributed by atoms with E-state index in [4.69, 9.17) is 14.2 Å². The normalized spacial score (nSPS) is 11.3. The number of aryl methyl sites for hydroxylation is 2. The maximum atomic E-state index is 12.0. The van der Waals surface area contributed by atoms with Gasteiger partial charge in [0.05, 0.1) is 17.2 Å². The van der Waals surface area contributed by atoms with Crippen molar-refractivity contribution >= 4 is 17.3 Å². The molecule has 0 radical (unpaired) electrons. The second-order valence-corrected chi connectivity index (χ2v) is 8.47. The van der Waals surface area contributed by atoms with Gasteiger partial charge in [-0.3, -0.25) is 0 Å². The number of esters is 1. The number of benzene rings is 1. The van der Waals surface area contributed by atoms with E-state index in [2.05, 4.69) is 21.9 Å². The molecule has 7 nitrogen and oxygen atoms in total. The second kappa shape index (κ2) is 9.87. The lowest BCUT2D eigenvalue weighted by atomic mass is 10.1. The number of carbonyl (C=O) groups is 1. The number of hydrogen-bond acceptors (Lipinski definition) is 8. The first-order valence-corrected chi connectivity index (χ1v) is 11.0. The first-order valence-electron chi connectivity index (χ1n) is 10.2. The predicted molar refractivity (Wildman–Crippen MR) is 119 cm³/mol. The van der Waals surface area contributed by atoms with E-state index in [1.165, 1.54) is 11.3 Å². The average Bonchev–Trinajstić information content (AvgIpc) is 3.14. The Kier molecular flexibility index (Phi) is 7.22. The molecular formula is C23H27N3O4S. The molecule has 2 heterocycles. The zero-order valence-corrected chi connectivity index (χ0v) is 19.3. The minimum atomic E-state index is -1.06. The molecule has 8 heteroatoms. The minimum absolute atomic E-state index is 0.313. The summed E-state index contributed by atoms with van der Waals surface area (Å²) in [5.41, 5.74) is 0.935. The largest absolute Gasteiger partial charge is 0.488 e. The van der Waals surface area contributed by atoms with Gasteiger partial charge in [-0.2, -0.15) is 0 Å². The molecule has 0 fully saturated rings. The van der Waals surface area contributed by atoms with Crippen LogP contribution in [0, 0.1) is 6.92 Å². The van der Waals surface area contributed by atoms with Crippen molar-refractivity contribution in [3.05, 3.63) is 52.8 Å². The van der Waals surface area contributed by atoms with E-state index in [0.29, 0.717) is 30.5 Å². The van der Waals surface area contributed by atoms with Crippen LogP contribution in [0.4, 0.5) is 0 Å². The van der Waals surface area contributed by atoms with Crippen molar-refractivity contribution in [3.8, 4) is 22.3 Å². The van der Waals surface area contributed by atoms with Crippen LogP contribution in [-0.2, 0) is 22.6 Å². The van der Waals surface area contributed by atoms with Crippen LogP contribution in [0.2, 0.25) is 0 Å².